The summed E-state index contributed by atoms with van der Waals surface area (Å²) >= 11 is 0. The van der Waals surface area contributed by atoms with Gasteiger partial charge in [0.2, 0.25) is 11.8 Å². The summed E-state index contributed by atoms with van der Waals surface area (Å²) in [5.74, 6) is -0.167. The van der Waals surface area contributed by atoms with Gasteiger partial charge in [0, 0.05) is 20.0 Å². The van der Waals surface area contributed by atoms with Crippen LogP contribution >= 0.6 is 0 Å². The Hall–Kier alpha value is -2.62. The number of carbonyl (C=O) groups excluding carboxylic acids is 2. The van der Waals surface area contributed by atoms with E-state index in [1.54, 1.807) is 18.9 Å². The first kappa shape index (κ1) is 18.7. The fourth-order valence-electron chi connectivity index (χ4n) is 2.72. The molecule has 0 spiro atoms. The van der Waals surface area contributed by atoms with E-state index < -0.39 is 6.04 Å². The maximum absolute atomic E-state index is 12.8. The lowest BCUT2D eigenvalue weighted by molar-refractivity contribution is -0.140. The summed E-state index contributed by atoms with van der Waals surface area (Å²) in [6.07, 6.45) is 1.06. The molecule has 0 aromatic heterocycles. The van der Waals surface area contributed by atoms with Crippen molar-refractivity contribution in [3.63, 3.8) is 0 Å². The summed E-state index contributed by atoms with van der Waals surface area (Å²) in [4.78, 5) is 26.5. The summed E-state index contributed by atoms with van der Waals surface area (Å²) in [7, 11) is 1.59. The first-order valence-corrected chi connectivity index (χ1v) is 8.62. The summed E-state index contributed by atoms with van der Waals surface area (Å²) in [6.45, 7) is 4.25. The van der Waals surface area contributed by atoms with Crippen LogP contribution in [0.15, 0.2) is 54.6 Å². The average molecular weight is 338 g/mol. The Labute approximate surface area is 149 Å². The largest absolute Gasteiger partial charge is 0.357 e. The summed E-state index contributed by atoms with van der Waals surface area (Å²) in [5.41, 5.74) is 3.35. The van der Waals surface area contributed by atoms with E-state index in [2.05, 4.69) is 17.4 Å². The van der Waals surface area contributed by atoms with Crippen LogP contribution in [-0.2, 0) is 22.6 Å². The van der Waals surface area contributed by atoms with Crippen LogP contribution in [0.3, 0.4) is 0 Å². The average Bonchev–Trinajstić information content (AvgIpc) is 2.65. The second-order valence-electron chi connectivity index (χ2n) is 6.28. The van der Waals surface area contributed by atoms with Crippen LogP contribution in [0.4, 0.5) is 0 Å². The van der Waals surface area contributed by atoms with Gasteiger partial charge in [-0.05, 0) is 31.4 Å². The number of amides is 2. The van der Waals surface area contributed by atoms with Crippen LogP contribution < -0.4 is 5.32 Å². The number of benzene rings is 2. The molecule has 0 fully saturated rings. The van der Waals surface area contributed by atoms with E-state index >= 15 is 0 Å². The molecule has 2 aromatic carbocycles. The van der Waals surface area contributed by atoms with Crippen LogP contribution in [0.2, 0.25) is 0 Å². The SMILES string of the molecule is CNC(=O)C(C)N(Cc1ccccc1)C(=O)CCc1ccc(C)cc1. The molecule has 1 unspecified atom stereocenters. The topological polar surface area (TPSA) is 49.4 Å². The van der Waals surface area contributed by atoms with Gasteiger partial charge in [-0.25, -0.2) is 0 Å². The van der Waals surface area contributed by atoms with Crippen LogP contribution in [0.25, 0.3) is 0 Å². The maximum atomic E-state index is 12.8. The number of likely N-dealkylation sites (N-methyl/N-ethyl adjacent to an activating group) is 1. The van der Waals surface area contributed by atoms with Gasteiger partial charge in [-0.2, -0.15) is 0 Å². The van der Waals surface area contributed by atoms with Crippen molar-refractivity contribution >= 4 is 11.8 Å². The van der Waals surface area contributed by atoms with E-state index in [0.717, 1.165) is 11.1 Å². The van der Waals surface area contributed by atoms with Crippen LogP contribution in [0, 0.1) is 6.92 Å². The Morgan fingerprint density at radius 3 is 2.24 bits per heavy atom. The number of carbonyl (C=O) groups is 2. The third-order valence-electron chi connectivity index (χ3n) is 4.36. The Kier molecular flexibility index (Phi) is 6.75. The highest BCUT2D eigenvalue weighted by atomic mass is 16.2. The molecule has 0 saturated carbocycles. The molecule has 0 aliphatic rings. The Morgan fingerprint density at radius 1 is 1.00 bits per heavy atom. The van der Waals surface area contributed by atoms with Crippen molar-refractivity contribution in [2.45, 2.75) is 39.3 Å². The second-order valence-corrected chi connectivity index (χ2v) is 6.28. The summed E-state index contributed by atoms with van der Waals surface area (Å²) < 4.78 is 0. The van der Waals surface area contributed by atoms with E-state index in [-0.39, 0.29) is 11.8 Å². The Balaban J connectivity index is 2.08. The molecule has 1 atom stereocenters. The van der Waals surface area contributed by atoms with Crippen LogP contribution in [0.5, 0.6) is 0 Å². The third kappa shape index (κ3) is 5.45. The van der Waals surface area contributed by atoms with E-state index in [0.29, 0.717) is 19.4 Å². The molecule has 132 valence electrons. The Bertz CT molecular complexity index is 696. The highest BCUT2D eigenvalue weighted by molar-refractivity contribution is 5.87. The van der Waals surface area contributed by atoms with Gasteiger partial charge in [-0.3, -0.25) is 9.59 Å². The number of rotatable bonds is 7. The molecule has 1 N–H and O–H groups in total. The minimum Gasteiger partial charge on any atom is -0.357 e. The molecular formula is C21H26N2O2. The molecule has 25 heavy (non-hydrogen) atoms. The zero-order valence-electron chi connectivity index (χ0n) is 15.2. The van der Waals surface area contributed by atoms with Crippen molar-refractivity contribution < 1.29 is 9.59 Å². The zero-order chi connectivity index (χ0) is 18.2. The lowest BCUT2D eigenvalue weighted by Gasteiger charge is -2.28. The molecule has 0 aliphatic heterocycles. The standard InChI is InChI=1S/C21H26N2O2/c1-16-9-11-18(12-10-16)13-14-20(24)23(17(2)21(25)22-3)15-19-7-5-4-6-8-19/h4-12,17H,13-15H2,1-3H3,(H,22,25). The van der Waals surface area contributed by atoms with Crippen LogP contribution in [0.1, 0.15) is 30.0 Å². The quantitative estimate of drug-likeness (QED) is 0.843. The van der Waals surface area contributed by atoms with Crippen molar-refractivity contribution in [3.8, 4) is 0 Å². The molecule has 0 heterocycles. The summed E-state index contributed by atoms with van der Waals surface area (Å²) in [6, 6.07) is 17.4. The van der Waals surface area contributed by atoms with Gasteiger partial charge >= 0.3 is 0 Å². The van der Waals surface area contributed by atoms with Gasteiger partial charge < -0.3 is 10.2 Å². The van der Waals surface area contributed by atoms with Gasteiger partial charge in [0.15, 0.2) is 0 Å². The van der Waals surface area contributed by atoms with E-state index in [1.807, 2.05) is 49.4 Å². The van der Waals surface area contributed by atoms with Crippen molar-refractivity contribution in [2.75, 3.05) is 7.05 Å². The normalized spacial score (nSPS) is 11.6. The van der Waals surface area contributed by atoms with Gasteiger partial charge in [0.25, 0.3) is 0 Å². The van der Waals surface area contributed by atoms with Crippen molar-refractivity contribution in [3.05, 3.63) is 71.3 Å². The van der Waals surface area contributed by atoms with Crippen LogP contribution in [-0.4, -0.2) is 29.8 Å². The molecule has 0 aliphatic carbocycles. The fourth-order valence-corrected chi connectivity index (χ4v) is 2.72. The molecule has 2 amide bonds. The van der Waals surface area contributed by atoms with Crippen molar-refractivity contribution in [1.29, 1.82) is 0 Å². The third-order valence-corrected chi connectivity index (χ3v) is 4.36. The minimum atomic E-state index is -0.504. The lowest BCUT2D eigenvalue weighted by atomic mass is 10.1. The number of hydrogen-bond acceptors (Lipinski definition) is 2. The fraction of sp³-hybridized carbons (Fsp3) is 0.333. The predicted octanol–water partition coefficient (Wildman–Crippen LogP) is 3.09. The first-order chi connectivity index (χ1) is 12.0. The molecule has 4 nitrogen and oxygen atoms in total. The number of nitrogens with one attached hydrogen (secondary N) is 1. The van der Waals surface area contributed by atoms with Crippen molar-refractivity contribution in [1.82, 2.24) is 10.2 Å². The van der Waals surface area contributed by atoms with E-state index in [4.69, 9.17) is 0 Å². The highest BCUT2D eigenvalue weighted by Crippen LogP contribution is 2.13. The first-order valence-electron chi connectivity index (χ1n) is 8.62. The monoisotopic (exact) mass is 338 g/mol. The van der Waals surface area contributed by atoms with Crippen molar-refractivity contribution in [2.24, 2.45) is 0 Å². The van der Waals surface area contributed by atoms with Gasteiger partial charge in [0.05, 0.1) is 0 Å². The predicted molar refractivity (Wildman–Crippen MR) is 100 cm³/mol. The number of hydrogen-bond donors (Lipinski definition) is 1. The molecular weight excluding hydrogens is 312 g/mol. The molecule has 2 aromatic rings. The number of aryl methyl sites for hydroxylation is 2. The molecule has 2 rings (SSSR count). The smallest absolute Gasteiger partial charge is 0.242 e. The second kappa shape index (κ2) is 9.02. The highest BCUT2D eigenvalue weighted by Gasteiger charge is 2.25. The summed E-state index contributed by atoms with van der Waals surface area (Å²) in [5, 5.41) is 2.63. The number of nitrogens with zero attached hydrogens (tertiary/aromatic N) is 1. The lowest BCUT2D eigenvalue weighted by Crippen LogP contribution is -2.46. The van der Waals surface area contributed by atoms with Gasteiger partial charge in [-0.1, -0.05) is 60.2 Å². The maximum Gasteiger partial charge on any atom is 0.242 e. The molecule has 0 radical (unpaired) electrons. The zero-order valence-corrected chi connectivity index (χ0v) is 15.2. The molecule has 0 saturated heterocycles. The van der Waals surface area contributed by atoms with Gasteiger partial charge in [-0.15, -0.1) is 0 Å². The van der Waals surface area contributed by atoms with E-state index in [1.165, 1.54) is 5.56 Å². The molecule has 0 bridgehead atoms. The van der Waals surface area contributed by atoms with E-state index in [9.17, 15) is 9.59 Å². The Morgan fingerprint density at radius 2 is 1.64 bits per heavy atom. The van der Waals surface area contributed by atoms with Gasteiger partial charge in [0.1, 0.15) is 6.04 Å². The molecule has 4 heteroatoms. The minimum absolute atomic E-state index is 0.0134.